The van der Waals surface area contributed by atoms with Crippen molar-refractivity contribution in [1.29, 1.82) is 0 Å². The number of likely N-dealkylation sites (tertiary alicyclic amines) is 1. The molecule has 1 fully saturated rings. The zero-order valence-corrected chi connectivity index (χ0v) is 20.3. The van der Waals surface area contributed by atoms with Crippen LogP contribution in [0.25, 0.3) is 0 Å². The molecule has 0 bridgehead atoms. The van der Waals surface area contributed by atoms with Gasteiger partial charge < -0.3 is 20.3 Å². The lowest BCUT2D eigenvalue weighted by molar-refractivity contribution is -0.134. The zero-order valence-electron chi connectivity index (χ0n) is 17.9. The second-order valence-corrected chi connectivity index (χ2v) is 7.40. The van der Waals surface area contributed by atoms with Crippen molar-refractivity contribution in [1.82, 2.24) is 15.5 Å². The Balaban J connectivity index is 0.00000676. The van der Waals surface area contributed by atoms with E-state index in [2.05, 4.69) is 43.3 Å². The van der Waals surface area contributed by atoms with Gasteiger partial charge in [0.25, 0.3) is 0 Å². The van der Waals surface area contributed by atoms with Crippen molar-refractivity contribution in [2.75, 3.05) is 32.8 Å². The smallest absolute Gasteiger partial charge is 0.224 e. The highest BCUT2D eigenvalue weighted by atomic mass is 127. The van der Waals surface area contributed by atoms with E-state index >= 15 is 0 Å². The van der Waals surface area contributed by atoms with Gasteiger partial charge in [-0.1, -0.05) is 13.8 Å². The Labute approximate surface area is 183 Å². The average molecular weight is 496 g/mol. The number of ether oxygens (including phenoxy) is 1. The minimum absolute atomic E-state index is 0. The van der Waals surface area contributed by atoms with E-state index in [4.69, 9.17) is 4.74 Å². The number of halogens is 1. The van der Waals surface area contributed by atoms with Crippen molar-refractivity contribution < 1.29 is 9.53 Å². The second kappa shape index (κ2) is 15.4. The van der Waals surface area contributed by atoms with Gasteiger partial charge in [-0.15, -0.1) is 24.0 Å². The first-order valence-electron chi connectivity index (χ1n) is 10.4. The van der Waals surface area contributed by atoms with Gasteiger partial charge >= 0.3 is 0 Å². The number of aliphatic imine (C=N–C) groups is 1. The Morgan fingerprint density at radius 1 is 1.26 bits per heavy atom. The number of nitrogens with one attached hydrogen (secondary N) is 2. The summed E-state index contributed by atoms with van der Waals surface area (Å²) >= 11 is 0. The third-order valence-electron chi connectivity index (χ3n) is 4.91. The van der Waals surface area contributed by atoms with Crippen LogP contribution in [0, 0.1) is 5.92 Å². The third kappa shape index (κ3) is 10.5. The van der Waals surface area contributed by atoms with Gasteiger partial charge in [-0.3, -0.25) is 9.79 Å². The number of carbonyl (C=O) groups excluding carboxylic acids is 1. The molecule has 2 unspecified atom stereocenters. The number of guanidine groups is 1. The van der Waals surface area contributed by atoms with Gasteiger partial charge in [-0.25, -0.2) is 0 Å². The lowest BCUT2D eigenvalue weighted by atomic mass is 10.0. The summed E-state index contributed by atoms with van der Waals surface area (Å²) in [5.41, 5.74) is 0. The minimum atomic E-state index is 0. The van der Waals surface area contributed by atoms with Crippen molar-refractivity contribution in [3.8, 4) is 0 Å². The molecule has 1 aliphatic rings. The monoisotopic (exact) mass is 496 g/mol. The van der Waals surface area contributed by atoms with Crippen LogP contribution in [0.15, 0.2) is 4.99 Å². The van der Waals surface area contributed by atoms with E-state index in [0.717, 1.165) is 51.5 Å². The Hall–Kier alpha value is -0.570. The first kappa shape index (κ1) is 26.4. The number of hydrogen-bond acceptors (Lipinski definition) is 3. The lowest BCUT2D eigenvalue weighted by Crippen LogP contribution is -2.44. The van der Waals surface area contributed by atoms with E-state index in [1.165, 1.54) is 6.42 Å². The largest absolute Gasteiger partial charge is 0.378 e. The summed E-state index contributed by atoms with van der Waals surface area (Å²) in [7, 11) is 0. The maximum absolute atomic E-state index is 12.4. The van der Waals surface area contributed by atoms with Crippen LogP contribution in [0.2, 0.25) is 0 Å². The molecule has 0 saturated carbocycles. The van der Waals surface area contributed by atoms with Crippen LogP contribution in [-0.2, 0) is 9.53 Å². The second-order valence-electron chi connectivity index (χ2n) is 7.40. The van der Waals surface area contributed by atoms with Gasteiger partial charge in [0.05, 0.1) is 6.10 Å². The molecule has 6 nitrogen and oxygen atoms in total. The van der Waals surface area contributed by atoms with Crippen LogP contribution in [-0.4, -0.2) is 61.7 Å². The van der Waals surface area contributed by atoms with Crippen molar-refractivity contribution in [2.45, 2.75) is 78.9 Å². The fourth-order valence-corrected chi connectivity index (χ4v) is 3.37. The number of nitrogens with zero attached hydrogens (tertiary/aromatic N) is 2. The molecule has 0 radical (unpaired) electrons. The molecule has 1 rings (SSSR count). The van der Waals surface area contributed by atoms with Crippen molar-refractivity contribution in [3.05, 3.63) is 0 Å². The van der Waals surface area contributed by atoms with Crippen LogP contribution in [0.3, 0.4) is 0 Å². The van der Waals surface area contributed by atoms with Gasteiger partial charge in [0, 0.05) is 45.2 Å². The lowest BCUT2D eigenvalue weighted by Gasteiger charge is -2.33. The molecule has 0 aromatic carbocycles. The molecular weight excluding hydrogens is 455 g/mol. The molecule has 1 aliphatic heterocycles. The van der Waals surface area contributed by atoms with Crippen molar-refractivity contribution in [3.63, 3.8) is 0 Å². The first-order valence-corrected chi connectivity index (χ1v) is 10.4. The number of hydrogen-bond donors (Lipinski definition) is 2. The van der Waals surface area contributed by atoms with Gasteiger partial charge in [0.2, 0.25) is 5.91 Å². The Bertz CT molecular complexity index is 432. The molecule has 0 aliphatic carbocycles. The molecule has 1 amide bonds. The topological polar surface area (TPSA) is 66.0 Å². The number of rotatable bonds is 10. The Kier molecular flexibility index (Phi) is 15.0. The van der Waals surface area contributed by atoms with Crippen molar-refractivity contribution >= 4 is 35.8 Å². The quantitative estimate of drug-likeness (QED) is 0.277. The summed E-state index contributed by atoms with van der Waals surface area (Å²) in [5, 5.41) is 6.54. The third-order valence-corrected chi connectivity index (χ3v) is 4.91. The highest BCUT2D eigenvalue weighted by Gasteiger charge is 2.22. The highest BCUT2D eigenvalue weighted by molar-refractivity contribution is 14.0. The summed E-state index contributed by atoms with van der Waals surface area (Å²) in [6.07, 6.45) is 5.16. The van der Waals surface area contributed by atoms with Crippen LogP contribution < -0.4 is 10.6 Å². The van der Waals surface area contributed by atoms with Gasteiger partial charge in [-0.05, 0) is 52.4 Å². The van der Waals surface area contributed by atoms with Gasteiger partial charge in [-0.2, -0.15) is 0 Å². The van der Waals surface area contributed by atoms with Crippen LogP contribution in [0.5, 0.6) is 0 Å². The predicted molar refractivity (Wildman–Crippen MR) is 124 cm³/mol. The maximum Gasteiger partial charge on any atom is 0.224 e. The molecular formula is C20H41IN4O2. The summed E-state index contributed by atoms with van der Waals surface area (Å²) < 4.78 is 5.77. The summed E-state index contributed by atoms with van der Waals surface area (Å²) in [6.45, 7) is 14.4. The van der Waals surface area contributed by atoms with E-state index in [1.807, 2.05) is 11.8 Å². The molecule has 1 saturated heterocycles. The molecule has 0 spiro atoms. The van der Waals surface area contributed by atoms with Crippen LogP contribution in [0.1, 0.15) is 66.7 Å². The molecule has 2 atom stereocenters. The van der Waals surface area contributed by atoms with E-state index in [0.29, 0.717) is 24.9 Å². The van der Waals surface area contributed by atoms with E-state index in [-0.39, 0.29) is 36.0 Å². The van der Waals surface area contributed by atoms with E-state index in [9.17, 15) is 4.79 Å². The molecule has 27 heavy (non-hydrogen) atoms. The molecule has 160 valence electrons. The van der Waals surface area contributed by atoms with E-state index < -0.39 is 0 Å². The average Bonchev–Trinajstić information content (AvgIpc) is 2.61. The fraction of sp³-hybridized carbons (Fsp3) is 0.900. The molecule has 2 N–H and O–H groups in total. The molecule has 1 heterocycles. The first-order chi connectivity index (χ1) is 12.5. The van der Waals surface area contributed by atoms with Crippen LogP contribution in [0.4, 0.5) is 0 Å². The van der Waals surface area contributed by atoms with Crippen molar-refractivity contribution in [2.24, 2.45) is 10.9 Å². The summed E-state index contributed by atoms with van der Waals surface area (Å²) in [6, 6.07) is 0.379. The Morgan fingerprint density at radius 3 is 2.59 bits per heavy atom. The predicted octanol–water partition coefficient (Wildman–Crippen LogP) is 3.40. The molecule has 0 aromatic rings. The zero-order chi connectivity index (χ0) is 19.4. The maximum atomic E-state index is 12.4. The normalized spacial score (nSPS) is 18.8. The SMILES string of the molecule is CCNC(=NCCC(OCC)C(C)C)NCCC(=O)N1CCCCC1C.I. The van der Waals surface area contributed by atoms with E-state index in [1.54, 1.807) is 0 Å². The molecule has 7 heteroatoms. The van der Waals surface area contributed by atoms with Crippen LogP contribution >= 0.6 is 24.0 Å². The fourth-order valence-electron chi connectivity index (χ4n) is 3.37. The summed E-state index contributed by atoms with van der Waals surface area (Å²) in [4.78, 5) is 19.1. The van der Waals surface area contributed by atoms with Gasteiger partial charge in [0.1, 0.15) is 0 Å². The Morgan fingerprint density at radius 2 is 2.00 bits per heavy atom. The summed E-state index contributed by atoms with van der Waals surface area (Å²) in [5.74, 6) is 1.52. The number of piperidine rings is 1. The number of carbonyl (C=O) groups is 1. The minimum Gasteiger partial charge on any atom is -0.378 e. The standard InChI is InChI=1S/C20H40N4O2.HI/c1-6-21-20(22-13-11-18(16(3)4)26-7-2)23-14-12-19(25)24-15-9-8-10-17(24)5;/h16-18H,6-15H2,1-5H3,(H2,21,22,23);1H. The van der Waals surface area contributed by atoms with Gasteiger partial charge in [0.15, 0.2) is 5.96 Å². The number of amides is 1. The highest BCUT2D eigenvalue weighted by Crippen LogP contribution is 2.17. The molecule has 0 aromatic heterocycles.